The summed E-state index contributed by atoms with van der Waals surface area (Å²) in [5.74, 6) is 1.72. The molecule has 2 aromatic heterocycles. The van der Waals surface area contributed by atoms with E-state index in [1.165, 1.54) is 0 Å². The minimum absolute atomic E-state index is 0.188. The molecule has 2 atom stereocenters. The lowest BCUT2D eigenvalue weighted by molar-refractivity contribution is 0.126. The fourth-order valence-corrected chi connectivity index (χ4v) is 3.21. The monoisotopic (exact) mass is 279 g/mol. The first-order valence-corrected chi connectivity index (χ1v) is 7.37. The van der Waals surface area contributed by atoms with E-state index in [0.29, 0.717) is 24.2 Å². The van der Waals surface area contributed by atoms with E-state index < -0.39 is 0 Å². The zero-order valence-electron chi connectivity index (χ0n) is 10.8. The Balaban J connectivity index is 1.71. The van der Waals surface area contributed by atoms with Gasteiger partial charge in [-0.05, 0) is 30.3 Å². The van der Waals surface area contributed by atoms with Gasteiger partial charge in [-0.2, -0.15) is 0 Å². The second-order valence-electron chi connectivity index (χ2n) is 4.96. The lowest BCUT2D eigenvalue weighted by Gasteiger charge is -2.23. The maximum absolute atomic E-state index is 9.43. The summed E-state index contributed by atoms with van der Waals surface area (Å²) < 4.78 is 5.68. The van der Waals surface area contributed by atoms with Crippen molar-refractivity contribution >= 4 is 11.3 Å². The number of hydrogen-bond donors (Lipinski definition) is 1. The van der Waals surface area contributed by atoms with Crippen LogP contribution in [0.25, 0.3) is 10.8 Å². The van der Waals surface area contributed by atoms with Gasteiger partial charge in [0, 0.05) is 6.04 Å². The van der Waals surface area contributed by atoms with Crippen LogP contribution in [0.1, 0.15) is 19.2 Å². The molecule has 19 heavy (non-hydrogen) atoms. The van der Waals surface area contributed by atoms with Crippen LogP contribution in [0.15, 0.2) is 21.9 Å². The van der Waals surface area contributed by atoms with Crippen molar-refractivity contribution in [3.8, 4) is 10.8 Å². The highest BCUT2D eigenvalue weighted by molar-refractivity contribution is 7.13. The van der Waals surface area contributed by atoms with Crippen molar-refractivity contribution in [3.05, 3.63) is 23.4 Å². The Morgan fingerprint density at radius 1 is 1.53 bits per heavy atom. The molecule has 0 saturated carbocycles. The molecule has 0 aliphatic carbocycles. The quantitative estimate of drug-likeness (QED) is 0.927. The highest BCUT2D eigenvalue weighted by atomic mass is 32.1. The number of aliphatic hydroxyl groups is 1. The van der Waals surface area contributed by atoms with Crippen molar-refractivity contribution in [2.24, 2.45) is 5.92 Å². The summed E-state index contributed by atoms with van der Waals surface area (Å²) in [6, 6.07) is 4.14. The van der Waals surface area contributed by atoms with E-state index in [0.717, 1.165) is 17.8 Å². The molecule has 0 radical (unpaired) electrons. The highest BCUT2D eigenvalue weighted by Crippen LogP contribution is 2.27. The standard InChI is InChI=1S/C13H17N3O2S/c1-9-4-5-16(10(9)8-17)7-12-14-15-13(18-12)11-3-2-6-19-11/h2-3,6,9-10,17H,4-5,7-8H2,1H3. The SMILES string of the molecule is CC1CCN(Cc2nnc(-c3cccs3)o2)C1CO. The molecule has 1 fully saturated rings. The summed E-state index contributed by atoms with van der Waals surface area (Å²) in [7, 11) is 0. The third kappa shape index (κ3) is 2.56. The minimum atomic E-state index is 0.188. The molecule has 6 heteroatoms. The zero-order valence-corrected chi connectivity index (χ0v) is 11.6. The Hall–Kier alpha value is -1.24. The number of aromatic nitrogens is 2. The van der Waals surface area contributed by atoms with Crippen molar-refractivity contribution in [2.45, 2.75) is 25.9 Å². The molecular formula is C13H17N3O2S. The van der Waals surface area contributed by atoms with Gasteiger partial charge >= 0.3 is 0 Å². The summed E-state index contributed by atoms with van der Waals surface area (Å²) in [6.07, 6.45) is 1.11. The first kappa shape index (κ1) is 12.8. The average Bonchev–Trinajstić information content (AvgIpc) is 3.11. The van der Waals surface area contributed by atoms with Gasteiger partial charge in [-0.25, -0.2) is 0 Å². The van der Waals surface area contributed by atoms with Crippen molar-refractivity contribution < 1.29 is 9.52 Å². The van der Waals surface area contributed by atoms with Crippen molar-refractivity contribution in [2.75, 3.05) is 13.2 Å². The molecular weight excluding hydrogens is 262 g/mol. The van der Waals surface area contributed by atoms with Gasteiger partial charge in [-0.3, -0.25) is 4.90 Å². The number of nitrogens with zero attached hydrogens (tertiary/aromatic N) is 3. The van der Waals surface area contributed by atoms with Crippen LogP contribution < -0.4 is 0 Å². The molecule has 3 rings (SSSR count). The molecule has 102 valence electrons. The second-order valence-corrected chi connectivity index (χ2v) is 5.91. The molecule has 0 aromatic carbocycles. The van der Waals surface area contributed by atoms with Crippen LogP contribution in [-0.2, 0) is 6.54 Å². The van der Waals surface area contributed by atoms with Gasteiger partial charge in [-0.15, -0.1) is 21.5 Å². The Kier molecular flexibility index (Phi) is 3.63. The van der Waals surface area contributed by atoms with Gasteiger partial charge in [0.2, 0.25) is 5.89 Å². The average molecular weight is 279 g/mol. The minimum Gasteiger partial charge on any atom is -0.419 e. The van der Waals surface area contributed by atoms with Gasteiger partial charge in [0.25, 0.3) is 5.89 Å². The van der Waals surface area contributed by atoms with Crippen LogP contribution in [0.5, 0.6) is 0 Å². The van der Waals surface area contributed by atoms with Gasteiger partial charge < -0.3 is 9.52 Å². The molecule has 1 saturated heterocycles. The maximum atomic E-state index is 9.43. The van der Waals surface area contributed by atoms with Gasteiger partial charge in [0.05, 0.1) is 18.0 Å². The number of rotatable bonds is 4. The lowest BCUT2D eigenvalue weighted by atomic mass is 10.0. The zero-order chi connectivity index (χ0) is 13.2. The smallest absolute Gasteiger partial charge is 0.257 e. The Morgan fingerprint density at radius 3 is 3.16 bits per heavy atom. The predicted molar refractivity (Wildman–Crippen MR) is 72.7 cm³/mol. The number of thiophene rings is 1. The molecule has 0 amide bonds. The normalized spacial score (nSPS) is 24.1. The summed E-state index contributed by atoms with van der Waals surface area (Å²) in [5, 5.41) is 19.6. The summed E-state index contributed by atoms with van der Waals surface area (Å²) in [6.45, 7) is 3.95. The largest absolute Gasteiger partial charge is 0.419 e. The summed E-state index contributed by atoms with van der Waals surface area (Å²) in [5.41, 5.74) is 0. The molecule has 5 nitrogen and oxygen atoms in total. The van der Waals surface area contributed by atoms with Crippen molar-refractivity contribution in [1.29, 1.82) is 0 Å². The molecule has 0 spiro atoms. The van der Waals surface area contributed by atoms with Crippen molar-refractivity contribution in [1.82, 2.24) is 15.1 Å². The third-order valence-corrected chi connectivity index (χ3v) is 4.58. The van der Waals surface area contributed by atoms with E-state index in [2.05, 4.69) is 22.0 Å². The Labute approximate surface area is 115 Å². The fraction of sp³-hybridized carbons (Fsp3) is 0.538. The molecule has 2 aromatic rings. The van der Waals surface area contributed by atoms with Gasteiger partial charge in [0.15, 0.2) is 0 Å². The summed E-state index contributed by atoms with van der Waals surface area (Å²) >= 11 is 1.59. The van der Waals surface area contributed by atoms with Crippen LogP contribution in [0.4, 0.5) is 0 Å². The van der Waals surface area contributed by atoms with Crippen LogP contribution in [-0.4, -0.2) is 39.4 Å². The van der Waals surface area contributed by atoms with Crippen LogP contribution in [0.2, 0.25) is 0 Å². The highest BCUT2D eigenvalue weighted by Gasteiger charge is 2.31. The van der Waals surface area contributed by atoms with E-state index >= 15 is 0 Å². The third-order valence-electron chi connectivity index (χ3n) is 3.72. The number of hydrogen-bond acceptors (Lipinski definition) is 6. The molecule has 1 aliphatic rings. The molecule has 3 heterocycles. The number of likely N-dealkylation sites (tertiary alicyclic amines) is 1. The first-order chi connectivity index (χ1) is 9.28. The van der Waals surface area contributed by atoms with Gasteiger partial charge in [-0.1, -0.05) is 13.0 Å². The molecule has 2 unspecified atom stereocenters. The summed E-state index contributed by atoms with van der Waals surface area (Å²) in [4.78, 5) is 3.21. The van der Waals surface area contributed by atoms with Crippen molar-refractivity contribution in [3.63, 3.8) is 0 Å². The Bertz CT molecular complexity index is 526. The molecule has 1 N–H and O–H groups in total. The van der Waals surface area contributed by atoms with E-state index in [1.807, 2.05) is 17.5 Å². The van der Waals surface area contributed by atoms with Crippen LogP contribution in [0.3, 0.4) is 0 Å². The number of aliphatic hydroxyl groups excluding tert-OH is 1. The van der Waals surface area contributed by atoms with E-state index in [9.17, 15) is 5.11 Å². The maximum Gasteiger partial charge on any atom is 0.257 e. The van der Waals surface area contributed by atoms with E-state index in [-0.39, 0.29) is 12.6 Å². The lowest BCUT2D eigenvalue weighted by Crippen LogP contribution is -2.34. The van der Waals surface area contributed by atoms with Crippen LogP contribution in [0, 0.1) is 5.92 Å². The topological polar surface area (TPSA) is 62.4 Å². The fourth-order valence-electron chi connectivity index (χ4n) is 2.57. The van der Waals surface area contributed by atoms with Crippen LogP contribution >= 0.6 is 11.3 Å². The Morgan fingerprint density at radius 2 is 2.42 bits per heavy atom. The molecule has 0 bridgehead atoms. The van der Waals surface area contributed by atoms with Gasteiger partial charge in [0.1, 0.15) is 0 Å². The first-order valence-electron chi connectivity index (χ1n) is 6.49. The second kappa shape index (κ2) is 5.40. The molecule has 1 aliphatic heterocycles. The van der Waals surface area contributed by atoms with E-state index in [1.54, 1.807) is 11.3 Å². The predicted octanol–water partition coefficient (Wildman–Crippen LogP) is 2.00. The van der Waals surface area contributed by atoms with E-state index in [4.69, 9.17) is 4.42 Å².